The van der Waals surface area contributed by atoms with Gasteiger partial charge < -0.3 is 9.05 Å². The lowest BCUT2D eigenvalue weighted by Gasteiger charge is -2.19. The lowest BCUT2D eigenvalue weighted by molar-refractivity contribution is 0.336. The van der Waals surface area contributed by atoms with Crippen molar-refractivity contribution in [2.45, 2.75) is 13.8 Å². The highest BCUT2D eigenvalue weighted by atomic mass is 31.3. The molecule has 1 rings (SSSR count). The molecule has 1 heterocycles. The van der Waals surface area contributed by atoms with Crippen molar-refractivity contribution >= 4 is 23.3 Å². The van der Waals surface area contributed by atoms with Gasteiger partial charge in [0, 0.05) is 0 Å². The molecule has 16 heavy (non-hydrogen) atoms. The summed E-state index contributed by atoms with van der Waals surface area (Å²) in [5.74, 6) is 0. The Morgan fingerprint density at radius 2 is 1.25 bits per heavy atom. The molecule has 0 saturated carbocycles. The maximum atomic E-state index is 13.6. The van der Waals surface area contributed by atoms with Gasteiger partial charge in [0.25, 0.3) is 0 Å². The molecular weight excluding hydrogens is 291 g/mol. The van der Waals surface area contributed by atoms with Crippen LogP contribution in [0.2, 0.25) is 0 Å². The zero-order valence-electron chi connectivity index (χ0n) is 8.43. The van der Waals surface area contributed by atoms with Crippen molar-refractivity contribution in [1.82, 2.24) is 0 Å². The standard InChI is InChI=1S/C4H10F4N3O2P3/c1-3-12-15(7)9-14(5,6)10-16(8,11-15)13-4-2/h3-4H2,1-2H3. The quantitative estimate of drug-likeness (QED) is 0.487. The van der Waals surface area contributed by atoms with Crippen molar-refractivity contribution in [1.29, 1.82) is 0 Å². The fourth-order valence-electron chi connectivity index (χ4n) is 0.887. The average molecular weight is 301 g/mol. The normalized spacial score (nSPS) is 37.1. The molecule has 2 unspecified atom stereocenters. The Balaban J connectivity index is 3.30. The first-order valence-corrected chi connectivity index (χ1v) is 8.72. The molecule has 12 heteroatoms. The summed E-state index contributed by atoms with van der Waals surface area (Å²) in [6, 6.07) is 0. The third-order valence-electron chi connectivity index (χ3n) is 1.24. The lowest BCUT2D eigenvalue weighted by atomic mass is 10.9. The van der Waals surface area contributed by atoms with E-state index in [-0.39, 0.29) is 13.2 Å². The van der Waals surface area contributed by atoms with Crippen molar-refractivity contribution in [2.24, 2.45) is 13.5 Å². The minimum absolute atomic E-state index is 0.233. The molecule has 0 bridgehead atoms. The second kappa shape index (κ2) is 4.91. The van der Waals surface area contributed by atoms with E-state index in [0.717, 1.165) is 0 Å². The van der Waals surface area contributed by atoms with Crippen molar-refractivity contribution in [2.75, 3.05) is 13.2 Å². The minimum Gasteiger partial charge on any atom is -0.303 e. The zero-order valence-corrected chi connectivity index (χ0v) is 11.1. The molecule has 0 aromatic heterocycles. The van der Waals surface area contributed by atoms with Gasteiger partial charge >= 0.3 is 23.3 Å². The molecule has 0 aliphatic carbocycles. The average Bonchev–Trinajstić information content (AvgIpc) is 1.97. The summed E-state index contributed by atoms with van der Waals surface area (Å²) in [5.41, 5.74) is 0. The van der Waals surface area contributed by atoms with Gasteiger partial charge in [0.15, 0.2) is 0 Å². The Morgan fingerprint density at radius 3 is 1.69 bits per heavy atom. The van der Waals surface area contributed by atoms with Crippen LogP contribution in [0.1, 0.15) is 13.8 Å². The van der Waals surface area contributed by atoms with Crippen LogP contribution < -0.4 is 0 Å². The van der Waals surface area contributed by atoms with Crippen LogP contribution in [0, 0.1) is 0 Å². The van der Waals surface area contributed by atoms with Gasteiger partial charge in [0.2, 0.25) is 0 Å². The van der Waals surface area contributed by atoms with Crippen LogP contribution in [-0.2, 0) is 9.05 Å². The van der Waals surface area contributed by atoms with Crippen molar-refractivity contribution < 1.29 is 25.8 Å². The number of hydrogen-bond donors (Lipinski definition) is 0. The van der Waals surface area contributed by atoms with E-state index in [4.69, 9.17) is 0 Å². The minimum atomic E-state index is -5.38. The van der Waals surface area contributed by atoms with E-state index in [1.165, 1.54) is 13.8 Å². The van der Waals surface area contributed by atoms with Gasteiger partial charge in [0.1, 0.15) is 0 Å². The van der Waals surface area contributed by atoms with Gasteiger partial charge in [0.05, 0.1) is 13.2 Å². The molecule has 1 aliphatic heterocycles. The highest BCUT2D eigenvalue weighted by Gasteiger charge is 2.40. The smallest absolute Gasteiger partial charge is 0.303 e. The Bertz CT molecular complexity index is 421. The van der Waals surface area contributed by atoms with Crippen LogP contribution in [0.5, 0.6) is 0 Å². The maximum Gasteiger partial charge on any atom is 0.425 e. The van der Waals surface area contributed by atoms with Gasteiger partial charge in [-0.25, -0.2) is 0 Å². The second-order valence-electron chi connectivity index (χ2n) is 2.51. The van der Waals surface area contributed by atoms with E-state index >= 15 is 0 Å². The number of nitrogens with zero attached hydrogens (tertiary/aromatic N) is 3. The first kappa shape index (κ1) is 14.4. The predicted octanol–water partition coefficient (Wildman–Crippen LogP) is 5.79. The molecule has 0 aromatic rings. The first-order chi connectivity index (χ1) is 7.24. The monoisotopic (exact) mass is 301 g/mol. The van der Waals surface area contributed by atoms with Gasteiger partial charge in [-0.3, -0.25) is 0 Å². The van der Waals surface area contributed by atoms with Crippen LogP contribution in [0.25, 0.3) is 0 Å². The SMILES string of the molecule is CCOP1(F)=NP(F)(F)=NP(F)(OCC)=N1. The number of halogens is 4. The van der Waals surface area contributed by atoms with E-state index in [2.05, 4.69) is 22.6 Å². The van der Waals surface area contributed by atoms with Gasteiger partial charge in [-0.2, -0.15) is 8.39 Å². The van der Waals surface area contributed by atoms with E-state index in [1.54, 1.807) is 0 Å². The highest BCUT2D eigenvalue weighted by molar-refractivity contribution is 7.77. The summed E-state index contributed by atoms with van der Waals surface area (Å²) in [6.45, 7) is 2.27. The largest absolute Gasteiger partial charge is 0.425 e. The van der Waals surface area contributed by atoms with Gasteiger partial charge in [-0.05, 0) is 13.8 Å². The summed E-state index contributed by atoms with van der Waals surface area (Å²) in [6.07, 6.45) is 0. The van der Waals surface area contributed by atoms with Gasteiger partial charge in [-0.15, -0.1) is 21.9 Å². The molecule has 0 radical (unpaired) electrons. The first-order valence-electron chi connectivity index (χ1n) is 4.23. The molecule has 0 N–H and O–H groups in total. The summed E-state index contributed by atoms with van der Waals surface area (Å²) < 4.78 is 69.8. The Hall–Kier alpha value is 0.330. The van der Waals surface area contributed by atoms with Crippen LogP contribution in [0.3, 0.4) is 0 Å². The topological polar surface area (TPSA) is 55.5 Å². The number of rotatable bonds is 4. The molecule has 0 saturated heterocycles. The zero-order chi connectivity index (χ0) is 12.4. The lowest BCUT2D eigenvalue weighted by Crippen LogP contribution is -1.88. The van der Waals surface area contributed by atoms with E-state index < -0.39 is 23.3 Å². The Morgan fingerprint density at radius 1 is 0.812 bits per heavy atom. The Kier molecular flexibility index (Phi) is 4.41. The summed E-state index contributed by atoms with van der Waals surface area (Å²) in [4.78, 5) is 0. The van der Waals surface area contributed by atoms with Crippen LogP contribution in [-0.4, -0.2) is 13.2 Å². The highest BCUT2D eigenvalue weighted by Crippen LogP contribution is 2.81. The van der Waals surface area contributed by atoms with Crippen molar-refractivity contribution in [3.05, 3.63) is 0 Å². The summed E-state index contributed by atoms with van der Waals surface area (Å²) in [7, 11) is -14.6. The molecule has 0 spiro atoms. The van der Waals surface area contributed by atoms with Crippen molar-refractivity contribution in [3.8, 4) is 0 Å². The molecule has 2 atom stereocenters. The maximum absolute atomic E-state index is 13.6. The molecule has 0 amide bonds. The third kappa shape index (κ3) is 3.67. The van der Waals surface area contributed by atoms with Crippen molar-refractivity contribution in [3.63, 3.8) is 0 Å². The predicted molar refractivity (Wildman–Crippen MR) is 55.7 cm³/mol. The van der Waals surface area contributed by atoms with Gasteiger partial charge in [-0.1, -0.05) is 0 Å². The second-order valence-corrected chi connectivity index (χ2v) is 7.97. The molecular formula is C4H10F4N3O2P3. The molecule has 0 fully saturated rings. The molecule has 96 valence electrons. The van der Waals surface area contributed by atoms with Crippen LogP contribution >= 0.6 is 23.3 Å². The van der Waals surface area contributed by atoms with Crippen LogP contribution in [0.4, 0.5) is 16.8 Å². The summed E-state index contributed by atoms with van der Waals surface area (Å²) >= 11 is 0. The summed E-state index contributed by atoms with van der Waals surface area (Å²) in [5, 5.41) is 0. The van der Waals surface area contributed by atoms with E-state index in [9.17, 15) is 16.8 Å². The van der Waals surface area contributed by atoms with Crippen LogP contribution in [0.15, 0.2) is 13.5 Å². The fraction of sp³-hybridized carbons (Fsp3) is 1.00. The molecule has 0 aromatic carbocycles. The molecule has 5 nitrogen and oxygen atoms in total. The fourth-order valence-corrected chi connectivity index (χ4v) is 6.98. The Labute approximate surface area is 90.5 Å². The molecule has 1 aliphatic rings. The van der Waals surface area contributed by atoms with E-state index in [0.29, 0.717) is 0 Å². The van der Waals surface area contributed by atoms with E-state index in [1.807, 2.05) is 0 Å². The third-order valence-corrected chi connectivity index (χ3v) is 7.67. The number of hydrogen-bond acceptors (Lipinski definition) is 5.